The number of carbonyl (C=O) groups is 1. The second kappa shape index (κ2) is 9.02. The number of hydrogen-bond acceptors (Lipinski definition) is 5. The molecule has 0 saturated carbocycles. The van der Waals surface area contributed by atoms with Crippen LogP contribution in [-0.4, -0.2) is 31.3 Å². The fraction of sp³-hybridized carbons (Fsp3) is 0.571. The van der Waals surface area contributed by atoms with Crippen LogP contribution >= 0.6 is 0 Å². The van der Waals surface area contributed by atoms with Crippen LogP contribution in [0.2, 0.25) is 0 Å². The fourth-order valence-electron chi connectivity index (χ4n) is 0.613. The molecule has 0 saturated heterocycles. The Kier molecular flexibility index (Phi) is 11.1. The summed E-state index contributed by atoms with van der Waals surface area (Å²) in [6.07, 6.45) is 1.58. The quantitative estimate of drug-likeness (QED) is 0.164. The molecule has 0 aromatic rings. The van der Waals surface area contributed by atoms with E-state index in [1.165, 1.54) is 0 Å². The average molecular weight is 246 g/mol. The molecular formula is C7H11KO5S. The van der Waals surface area contributed by atoms with E-state index in [2.05, 4.69) is 11.3 Å². The average Bonchev–Trinajstić information content (AvgIpc) is 2.01. The maximum Gasteiger partial charge on any atom is 1.00 e. The van der Waals surface area contributed by atoms with Gasteiger partial charge in [-0.1, -0.05) is 6.58 Å². The van der Waals surface area contributed by atoms with Crippen LogP contribution in [0.3, 0.4) is 0 Å². The minimum atomic E-state index is -4.14. The molecule has 0 aliphatic rings. The summed E-state index contributed by atoms with van der Waals surface area (Å²) < 4.78 is 34.9. The van der Waals surface area contributed by atoms with Crippen molar-refractivity contribution >= 4 is 16.1 Å². The molecule has 0 atom stereocenters. The minimum absolute atomic E-state index is 0. The van der Waals surface area contributed by atoms with E-state index < -0.39 is 21.8 Å². The van der Waals surface area contributed by atoms with Gasteiger partial charge >= 0.3 is 57.4 Å². The van der Waals surface area contributed by atoms with E-state index in [1.54, 1.807) is 0 Å². The van der Waals surface area contributed by atoms with E-state index in [0.717, 1.165) is 6.08 Å². The first-order valence-corrected chi connectivity index (χ1v) is 5.26. The number of unbranched alkanes of at least 4 members (excludes halogenated alkanes) is 1. The molecule has 7 heteroatoms. The van der Waals surface area contributed by atoms with Gasteiger partial charge in [-0.15, -0.1) is 0 Å². The molecule has 0 heterocycles. The van der Waals surface area contributed by atoms with E-state index in [9.17, 15) is 17.8 Å². The van der Waals surface area contributed by atoms with Crippen molar-refractivity contribution in [3.05, 3.63) is 12.7 Å². The second-order valence-electron chi connectivity index (χ2n) is 2.34. The van der Waals surface area contributed by atoms with Gasteiger partial charge in [0.1, 0.15) is 0 Å². The molecule has 0 aromatic carbocycles. The van der Waals surface area contributed by atoms with E-state index >= 15 is 0 Å². The van der Waals surface area contributed by atoms with Crippen LogP contribution in [-0.2, 0) is 19.6 Å². The van der Waals surface area contributed by atoms with Gasteiger partial charge in [0.15, 0.2) is 0 Å². The van der Waals surface area contributed by atoms with Crippen molar-refractivity contribution in [2.24, 2.45) is 0 Å². The van der Waals surface area contributed by atoms with Crippen molar-refractivity contribution in [3.63, 3.8) is 0 Å². The molecule has 0 bridgehead atoms. The van der Waals surface area contributed by atoms with Crippen molar-refractivity contribution < 1.29 is 73.9 Å². The van der Waals surface area contributed by atoms with Crippen molar-refractivity contribution in [1.29, 1.82) is 0 Å². The van der Waals surface area contributed by atoms with Gasteiger partial charge in [0.2, 0.25) is 0 Å². The Morgan fingerprint density at radius 1 is 1.43 bits per heavy atom. The van der Waals surface area contributed by atoms with Crippen LogP contribution in [0, 0.1) is 0 Å². The van der Waals surface area contributed by atoms with Gasteiger partial charge in [-0.25, -0.2) is 13.2 Å². The summed E-state index contributed by atoms with van der Waals surface area (Å²) in [6, 6.07) is 0. The molecule has 0 unspecified atom stereocenters. The van der Waals surface area contributed by atoms with Crippen molar-refractivity contribution in [1.82, 2.24) is 0 Å². The largest absolute Gasteiger partial charge is 1.00 e. The predicted molar refractivity (Wildman–Crippen MR) is 45.0 cm³/mol. The molecule has 0 rings (SSSR count). The first kappa shape index (κ1) is 17.2. The zero-order chi connectivity index (χ0) is 10.3. The second-order valence-corrected chi connectivity index (χ2v) is 3.86. The smallest absolute Gasteiger partial charge is 0.748 e. The monoisotopic (exact) mass is 246 g/mol. The molecule has 14 heavy (non-hydrogen) atoms. The maximum atomic E-state index is 10.5. The molecule has 0 radical (unpaired) electrons. The summed E-state index contributed by atoms with van der Waals surface area (Å²) in [5.41, 5.74) is 0. The topological polar surface area (TPSA) is 83.5 Å². The summed E-state index contributed by atoms with van der Waals surface area (Å²) in [6.45, 7) is 3.29. The van der Waals surface area contributed by atoms with Gasteiger partial charge in [0.25, 0.3) is 0 Å². The van der Waals surface area contributed by atoms with E-state index in [0.29, 0.717) is 6.42 Å². The van der Waals surface area contributed by atoms with E-state index in [1.807, 2.05) is 0 Å². The van der Waals surface area contributed by atoms with Gasteiger partial charge < -0.3 is 9.29 Å². The third-order valence-corrected chi connectivity index (χ3v) is 1.99. The zero-order valence-electron chi connectivity index (χ0n) is 8.06. The number of ether oxygens (including phenoxy) is 1. The molecular weight excluding hydrogens is 235 g/mol. The molecule has 0 aliphatic carbocycles. The van der Waals surface area contributed by atoms with Crippen LogP contribution < -0.4 is 51.4 Å². The molecule has 0 amide bonds. The molecule has 0 fully saturated rings. The Balaban J connectivity index is 0. The first-order valence-electron chi connectivity index (χ1n) is 3.68. The molecule has 0 spiro atoms. The number of hydrogen-bond donors (Lipinski definition) is 0. The number of carbonyl (C=O) groups excluding carboxylic acids is 1. The van der Waals surface area contributed by atoms with Gasteiger partial charge in [-0.05, 0) is 12.8 Å². The molecule has 0 aromatic heterocycles. The molecule has 0 aliphatic heterocycles. The predicted octanol–water partition coefficient (Wildman–Crippen LogP) is -2.95. The maximum absolute atomic E-state index is 10.5. The van der Waals surface area contributed by atoms with E-state index in [4.69, 9.17) is 0 Å². The van der Waals surface area contributed by atoms with Crippen molar-refractivity contribution in [2.45, 2.75) is 12.8 Å². The number of rotatable bonds is 6. The zero-order valence-corrected chi connectivity index (χ0v) is 12.0. The third kappa shape index (κ3) is 12.8. The van der Waals surface area contributed by atoms with Crippen LogP contribution in [0.5, 0.6) is 0 Å². The Morgan fingerprint density at radius 3 is 2.43 bits per heavy atom. The van der Waals surface area contributed by atoms with Gasteiger partial charge in [0.05, 0.1) is 16.7 Å². The molecule has 0 N–H and O–H groups in total. The Morgan fingerprint density at radius 2 is 2.00 bits per heavy atom. The molecule has 5 nitrogen and oxygen atoms in total. The Hall–Kier alpha value is 0.756. The first-order chi connectivity index (χ1) is 5.95. The van der Waals surface area contributed by atoms with Gasteiger partial charge in [-0.3, -0.25) is 0 Å². The third-order valence-electron chi connectivity index (χ3n) is 1.20. The summed E-state index contributed by atoms with van der Waals surface area (Å²) in [4.78, 5) is 10.5. The summed E-state index contributed by atoms with van der Waals surface area (Å²) in [7, 11) is -4.14. The Labute approximate surface area is 126 Å². The van der Waals surface area contributed by atoms with Gasteiger partial charge in [-0.2, -0.15) is 0 Å². The minimum Gasteiger partial charge on any atom is -0.748 e. The summed E-state index contributed by atoms with van der Waals surface area (Å²) in [5.74, 6) is -0.969. The standard InChI is InChI=1S/C7H12O5S.K/c1-2-7(8)12-5-3-4-6-13(9,10)11;/h2H,1,3-6H2,(H,9,10,11);/q;+1/p-1. The van der Waals surface area contributed by atoms with Crippen LogP contribution in [0.1, 0.15) is 12.8 Å². The normalized spacial score (nSPS) is 10.1. The summed E-state index contributed by atoms with van der Waals surface area (Å²) >= 11 is 0. The SMILES string of the molecule is C=CC(=O)OCCCCS(=O)(=O)[O-].[K+]. The summed E-state index contributed by atoms with van der Waals surface area (Å²) in [5, 5.41) is 0. The number of esters is 1. The van der Waals surface area contributed by atoms with Crippen LogP contribution in [0.4, 0.5) is 0 Å². The Bertz CT molecular complexity index is 272. The van der Waals surface area contributed by atoms with Gasteiger partial charge in [0, 0.05) is 11.8 Å². The van der Waals surface area contributed by atoms with Crippen molar-refractivity contribution in [3.8, 4) is 0 Å². The van der Waals surface area contributed by atoms with E-state index in [-0.39, 0.29) is 64.4 Å². The van der Waals surface area contributed by atoms with Crippen LogP contribution in [0.15, 0.2) is 12.7 Å². The molecule has 76 valence electrons. The fourth-order valence-corrected chi connectivity index (χ4v) is 1.17. The van der Waals surface area contributed by atoms with Crippen molar-refractivity contribution in [2.75, 3.05) is 12.4 Å². The van der Waals surface area contributed by atoms with Crippen LogP contribution in [0.25, 0.3) is 0 Å².